The van der Waals surface area contributed by atoms with Crippen LogP contribution < -0.4 is 0 Å². The molecule has 1 aromatic carbocycles. The summed E-state index contributed by atoms with van der Waals surface area (Å²) >= 11 is 0. The highest BCUT2D eigenvalue weighted by atomic mass is 19.3. The van der Waals surface area contributed by atoms with E-state index in [0.717, 1.165) is 4.90 Å². The summed E-state index contributed by atoms with van der Waals surface area (Å²) in [6.07, 6.45) is -5.63. The van der Waals surface area contributed by atoms with Crippen molar-refractivity contribution in [2.45, 2.75) is 18.6 Å². The van der Waals surface area contributed by atoms with Gasteiger partial charge < -0.3 is 15.1 Å². The predicted molar refractivity (Wildman–Crippen MR) is 63.9 cm³/mol. The van der Waals surface area contributed by atoms with Crippen LogP contribution in [-0.4, -0.2) is 52.7 Å². The number of rotatable bonds is 2. The summed E-state index contributed by atoms with van der Waals surface area (Å²) in [6.45, 7) is -0.401. The van der Waals surface area contributed by atoms with Crippen molar-refractivity contribution in [2.75, 3.05) is 13.1 Å². The van der Waals surface area contributed by atoms with E-state index in [-0.39, 0.29) is 13.1 Å². The number of hydrogen-bond acceptors (Lipinski definition) is 3. The monoisotopic (exact) mass is 271 g/mol. The first-order valence-corrected chi connectivity index (χ1v) is 5.99. The van der Waals surface area contributed by atoms with Gasteiger partial charge in [-0.2, -0.15) is 0 Å². The van der Waals surface area contributed by atoms with E-state index in [9.17, 15) is 23.8 Å². The first-order chi connectivity index (χ1) is 9.00. The molecule has 4 nitrogen and oxygen atoms in total. The van der Waals surface area contributed by atoms with Gasteiger partial charge in [-0.05, 0) is 12.1 Å². The Hall–Kier alpha value is -1.53. The number of amides is 1. The van der Waals surface area contributed by atoms with Crippen LogP contribution in [0.2, 0.25) is 0 Å². The summed E-state index contributed by atoms with van der Waals surface area (Å²) in [4.78, 5) is 13.3. The topological polar surface area (TPSA) is 60.8 Å². The van der Waals surface area contributed by atoms with E-state index in [2.05, 4.69) is 0 Å². The summed E-state index contributed by atoms with van der Waals surface area (Å²) in [5, 5.41) is 19.1. The van der Waals surface area contributed by atoms with Crippen molar-refractivity contribution >= 4 is 5.91 Å². The number of nitrogens with zero attached hydrogens (tertiary/aromatic N) is 1. The first kappa shape index (κ1) is 13.9. The molecule has 6 heteroatoms. The summed E-state index contributed by atoms with van der Waals surface area (Å²) in [6, 6.07) is 8.25. The fourth-order valence-electron chi connectivity index (χ4n) is 2.21. The van der Waals surface area contributed by atoms with Gasteiger partial charge >= 0.3 is 0 Å². The zero-order valence-corrected chi connectivity index (χ0v) is 10.1. The van der Waals surface area contributed by atoms with E-state index in [1.807, 2.05) is 0 Å². The molecule has 1 heterocycles. The molecule has 1 aliphatic rings. The van der Waals surface area contributed by atoms with Gasteiger partial charge in [0.05, 0.1) is 18.1 Å². The lowest BCUT2D eigenvalue weighted by atomic mass is 9.92. The molecule has 1 fully saturated rings. The van der Waals surface area contributed by atoms with Crippen LogP contribution in [0.1, 0.15) is 10.4 Å². The minimum absolute atomic E-state index is 0.141. The van der Waals surface area contributed by atoms with Gasteiger partial charge in [-0.25, -0.2) is 8.78 Å². The number of aliphatic hydroxyl groups excluding tert-OH is 2. The molecule has 0 bridgehead atoms. The molecule has 1 amide bonds. The average molecular weight is 271 g/mol. The minimum Gasteiger partial charge on any atom is -0.390 e. The number of halogens is 2. The standard InChI is InChI=1S/C13H15F2NO3/c14-12(15)9-6-16(7-10(17)11(9)18)13(19)8-4-2-1-3-5-8/h1-5,9-12,17-18H,6-7H2/t9-,10+,11+/m0/s1. The van der Waals surface area contributed by atoms with Crippen LogP contribution in [0.25, 0.3) is 0 Å². The number of carbonyl (C=O) groups excluding carboxylic acids is 1. The lowest BCUT2D eigenvalue weighted by molar-refractivity contribution is -0.108. The van der Waals surface area contributed by atoms with Crippen LogP contribution in [0.4, 0.5) is 8.78 Å². The van der Waals surface area contributed by atoms with Gasteiger partial charge in [0.25, 0.3) is 5.91 Å². The molecule has 3 atom stereocenters. The largest absolute Gasteiger partial charge is 0.390 e. The second-order valence-corrected chi connectivity index (χ2v) is 4.63. The maximum atomic E-state index is 12.8. The molecule has 104 valence electrons. The maximum Gasteiger partial charge on any atom is 0.253 e. The lowest BCUT2D eigenvalue weighted by Crippen LogP contribution is -2.56. The lowest BCUT2D eigenvalue weighted by Gasteiger charge is -2.38. The van der Waals surface area contributed by atoms with Gasteiger partial charge in [0, 0.05) is 18.7 Å². The molecular weight excluding hydrogens is 256 g/mol. The number of aliphatic hydroxyl groups is 2. The summed E-state index contributed by atoms with van der Waals surface area (Å²) in [5.74, 6) is -1.84. The molecule has 2 rings (SSSR count). The van der Waals surface area contributed by atoms with E-state index in [1.165, 1.54) is 0 Å². The second kappa shape index (κ2) is 5.63. The highest BCUT2D eigenvalue weighted by Crippen LogP contribution is 2.24. The number of likely N-dealkylation sites (tertiary alicyclic amines) is 1. The van der Waals surface area contributed by atoms with Gasteiger partial charge in [-0.1, -0.05) is 18.2 Å². The smallest absolute Gasteiger partial charge is 0.253 e. The van der Waals surface area contributed by atoms with Gasteiger partial charge in [-0.3, -0.25) is 4.79 Å². The van der Waals surface area contributed by atoms with E-state index in [1.54, 1.807) is 30.3 Å². The third-order valence-electron chi connectivity index (χ3n) is 3.30. The van der Waals surface area contributed by atoms with E-state index in [0.29, 0.717) is 5.56 Å². The van der Waals surface area contributed by atoms with E-state index in [4.69, 9.17) is 0 Å². The highest BCUT2D eigenvalue weighted by Gasteiger charge is 2.41. The number of alkyl halides is 2. The molecule has 0 aliphatic carbocycles. The van der Waals surface area contributed by atoms with E-state index >= 15 is 0 Å². The Bertz CT molecular complexity index is 441. The number of carbonyl (C=O) groups is 1. The third-order valence-corrected chi connectivity index (χ3v) is 3.30. The van der Waals surface area contributed by atoms with Gasteiger partial charge in [0.1, 0.15) is 0 Å². The van der Waals surface area contributed by atoms with Crippen molar-refractivity contribution in [3.05, 3.63) is 35.9 Å². The quantitative estimate of drug-likeness (QED) is 0.834. The van der Waals surface area contributed by atoms with Crippen molar-refractivity contribution in [2.24, 2.45) is 5.92 Å². The zero-order valence-electron chi connectivity index (χ0n) is 10.1. The van der Waals surface area contributed by atoms with Crippen molar-refractivity contribution < 1.29 is 23.8 Å². The first-order valence-electron chi connectivity index (χ1n) is 5.99. The fourth-order valence-corrected chi connectivity index (χ4v) is 2.21. The van der Waals surface area contributed by atoms with Crippen LogP contribution >= 0.6 is 0 Å². The summed E-state index contributed by atoms with van der Waals surface area (Å²) in [5.41, 5.74) is 0.374. The number of hydrogen-bond donors (Lipinski definition) is 2. The maximum absolute atomic E-state index is 12.8. The Kier molecular flexibility index (Phi) is 4.11. The highest BCUT2D eigenvalue weighted by molar-refractivity contribution is 5.94. The summed E-state index contributed by atoms with van der Waals surface area (Å²) in [7, 11) is 0. The van der Waals surface area contributed by atoms with Gasteiger partial charge in [0.2, 0.25) is 6.43 Å². The average Bonchev–Trinajstić information content (AvgIpc) is 2.41. The fraction of sp³-hybridized carbons (Fsp3) is 0.462. The van der Waals surface area contributed by atoms with Crippen LogP contribution in [0.15, 0.2) is 30.3 Å². The molecule has 1 saturated heterocycles. The summed E-state index contributed by atoms with van der Waals surface area (Å²) < 4.78 is 25.5. The molecule has 1 aromatic rings. The predicted octanol–water partition coefficient (Wildman–Crippen LogP) is 0.745. The van der Waals surface area contributed by atoms with Crippen molar-refractivity contribution in [3.63, 3.8) is 0 Å². The Morgan fingerprint density at radius 2 is 1.84 bits per heavy atom. The van der Waals surface area contributed by atoms with Crippen molar-refractivity contribution in [1.82, 2.24) is 4.90 Å². The number of benzene rings is 1. The Morgan fingerprint density at radius 3 is 2.42 bits per heavy atom. The van der Waals surface area contributed by atoms with Gasteiger partial charge in [0.15, 0.2) is 0 Å². The van der Waals surface area contributed by atoms with Crippen LogP contribution in [0.5, 0.6) is 0 Å². The normalized spacial score (nSPS) is 27.6. The third kappa shape index (κ3) is 2.90. The zero-order chi connectivity index (χ0) is 14.0. The Labute approximate surface area is 109 Å². The molecule has 1 aliphatic heterocycles. The van der Waals surface area contributed by atoms with Crippen LogP contribution in [0.3, 0.4) is 0 Å². The molecule has 19 heavy (non-hydrogen) atoms. The second-order valence-electron chi connectivity index (χ2n) is 4.63. The Balaban J connectivity index is 2.15. The molecule has 0 aromatic heterocycles. The van der Waals surface area contributed by atoms with Crippen molar-refractivity contribution in [1.29, 1.82) is 0 Å². The van der Waals surface area contributed by atoms with Gasteiger partial charge in [-0.15, -0.1) is 0 Å². The number of piperidine rings is 1. The number of β-amino-alcohol motifs (C(OH)–C–C–N with tert-alkyl or cyclic N) is 1. The Morgan fingerprint density at radius 1 is 1.21 bits per heavy atom. The molecular formula is C13H15F2NO3. The van der Waals surface area contributed by atoms with E-state index < -0.39 is 30.5 Å². The van der Waals surface area contributed by atoms with Crippen molar-refractivity contribution in [3.8, 4) is 0 Å². The molecule has 0 radical (unpaired) electrons. The minimum atomic E-state index is -2.78. The van der Waals surface area contributed by atoms with Crippen LogP contribution in [-0.2, 0) is 0 Å². The SMILES string of the molecule is O=C(c1ccccc1)N1C[C@@H](O)[C@H](O)[C@@H](C(F)F)C1. The molecule has 0 unspecified atom stereocenters. The molecule has 2 N–H and O–H groups in total. The van der Waals surface area contributed by atoms with Crippen LogP contribution in [0, 0.1) is 5.92 Å². The molecule has 0 spiro atoms. The molecule has 0 saturated carbocycles.